The van der Waals surface area contributed by atoms with Crippen LogP contribution in [0.2, 0.25) is 0 Å². The van der Waals surface area contributed by atoms with Crippen molar-refractivity contribution in [2.75, 3.05) is 9.62 Å². The largest absolute Gasteiger partial charge is 0.330 e. The number of carbonyl (C=O) groups is 1. The molecule has 0 saturated heterocycles. The Hall–Kier alpha value is -4.01. The molecule has 3 aromatic carbocycles. The van der Waals surface area contributed by atoms with Crippen LogP contribution in [0.1, 0.15) is 60.4 Å². The number of hydrogen-bond acceptors (Lipinski definition) is 4. The molecule has 0 saturated carbocycles. The Balaban J connectivity index is 1.47. The van der Waals surface area contributed by atoms with E-state index in [-0.39, 0.29) is 6.04 Å². The van der Waals surface area contributed by atoms with Crippen LogP contribution in [0.3, 0.4) is 0 Å². The summed E-state index contributed by atoms with van der Waals surface area (Å²) in [5.41, 5.74) is 5.89. The van der Waals surface area contributed by atoms with Gasteiger partial charge in [0, 0.05) is 28.9 Å². The van der Waals surface area contributed by atoms with E-state index in [1.54, 1.807) is 42.5 Å². The molecular formula is C31H32N4O3S. The maximum absolute atomic E-state index is 13.2. The SMILES string of the molecule is CCCc1cc2c(n1Cc1ccc(-c3ccccc3N(C(=O)c3ccccc3)S(=O)O)cc1)NC(C)=NC2C. The molecular weight excluding hydrogens is 508 g/mol. The number of aliphatic imine (C=N–C) groups is 1. The Morgan fingerprint density at radius 1 is 1.05 bits per heavy atom. The van der Waals surface area contributed by atoms with Crippen LogP contribution in [-0.4, -0.2) is 25.1 Å². The van der Waals surface area contributed by atoms with Crippen molar-refractivity contribution < 1.29 is 13.6 Å². The Morgan fingerprint density at radius 2 is 1.74 bits per heavy atom. The van der Waals surface area contributed by atoms with Crippen LogP contribution in [0, 0.1) is 0 Å². The molecule has 0 bridgehead atoms. The first-order chi connectivity index (χ1) is 18.9. The average Bonchev–Trinajstić information content (AvgIpc) is 3.27. The molecule has 0 radical (unpaired) electrons. The van der Waals surface area contributed by atoms with E-state index in [2.05, 4.69) is 46.9 Å². The van der Waals surface area contributed by atoms with Crippen LogP contribution in [0.15, 0.2) is 89.9 Å². The maximum atomic E-state index is 13.2. The third-order valence-corrected chi connectivity index (χ3v) is 7.62. The molecule has 7 nitrogen and oxygen atoms in total. The molecule has 0 spiro atoms. The van der Waals surface area contributed by atoms with Crippen molar-refractivity contribution in [3.8, 4) is 11.1 Å². The molecule has 2 unspecified atom stereocenters. The normalized spacial score (nSPS) is 15.2. The quantitative estimate of drug-likeness (QED) is 0.240. The summed E-state index contributed by atoms with van der Waals surface area (Å²) in [5.74, 6) is 1.48. The summed E-state index contributed by atoms with van der Waals surface area (Å²) in [7, 11) is 0. The minimum Gasteiger partial charge on any atom is -0.330 e. The first-order valence-electron chi connectivity index (χ1n) is 13.1. The minimum absolute atomic E-state index is 0.121. The van der Waals surface area contributed by atoms with E-state index in [1.807, 2.05) is 31.2 Å². The predicted octanol–water partition coefficient (Wildman–Crippen LogP) is 6.84. The van der Waals surface area contributed by atoms with E-state index in [1.165, 1.54) is 11.3 Å². The van der Waals surface area contributed by atoms with Gasteiger partial charge in [-0.15, -0.1) is 0 Å². The van der Waals surface area contributed by atoms with E-state index in [0.29, 0.717) is 23.4 Å². The highest BCUT2D eigenvalue weighted by atomic mass is 32.2. The number of carbonyl (C=O) groups excluding carboxylic acids is 1. The van der Waals surface area contributed by atoms with Gasteiger partial charge in [0.05, 0.1) is 17.6 Å². The summed E-state index contributed by atoms with van der Waals surface area (Å²) in [6, 6.07) is 26.2. The second kappa shape index (κ2) is 11.4. The molecule has 2 N–H and O–H groups in total. The monoisotopic (exact) mass is 540 g/mol. The summed E-state index contributed by atoms with van der Waals surface area (Å²) in [4.78, 5) is 17.9. The number of hydrogen-bond donors (Lipinski definition) is 2. The third kappa shape index (κ3) is 5.44. The Kier molecular flexibility index (Phi) is 7.77. The molecule has 8 heteroatoms. The number of fused-ring (bicyclic) bond motifs is 1. The molecule has 1 amide bonds. The molecule has 1 aliphatic rings. The van der Waals surface area contributed by atoms with Crippen LogP contribution in [-0.2, 0) is 24.2 Å². The van der Waals surface area contributed by atoms with Gasteiger partial charge in [-0.25, -0.2) is 8.51 Å². The highest BCUT2D eigenvalue weighted by Gasteiger charge is 2.26. The van der Waals surface area contributed by atoms with Gasteiger partial charge >= 0.3 is 0 Å². The number of aromatic nitrogens is 1. The van der Waals surface area contributed by atoms with Gasteiger partial charge in [-0.3, -0.25) is 14.3 Å². The average molecular weight is 541 g/mol. The lowest BCUT2D eigenvalue weighted by Crippen LogP contribution is -2.32. The van der Waals surface area contributed by atoms with Crippen LogP contribution in [0.25, 0.3) is 11.1 Å². The Bertz CT molecular complexity index is 1540. The number of benzene rings is 3. The van der Waals surface area contributed by atoms with Gasteiger partial charge in [-0.2, -0.15) is 0 Å². The van der Waals surface area contributed by atoms with E-state index in [9.17, 15) is 13.6 Å². The van der Waals surface area contributed by atoms with E-state index in [0.717, 1.165) is 39.9 Å². The van der Waals surface area contributed by atoms with E-state index >= 15 is 0 Å². The maximum Gasteiger partial charge on any atom is 0.272 e. The summed E-state index contributed by atoms with van der Waals surface area (Å²) < 4.78 is 25.8. The van der Waals surface area contributed by atoms with Crippen molar-refractivity contribution in [1.82, 2.24) is 4.57 Å². The smallest absolute Gasteiger partial charge is 0.272 e. The Labute approximate surface area is 231 Å². The highest BCUT2D eigenvalue weighted by Crippen LogP contribution is 2.35. The molecule has 2 atom stereocenters. The third-order valence-electron chi connectivity index (χ3n) is 6.94. The van der Waals surface area contributed by atoms with Gasteiger partial charge in [0.1, 0.15) is 5.82 Å². The van der Waals surface area contributed by atoms with E-state index < -0.39 is 17.2 Å². The minimum atomic E-state index is -2.54. The predicted molar refractivity (Wildman–Crippen MR) is 159 cm³/mol. The Morgan fingerprint density at radius 3 is 2.44 bits per heavy atom. The fourth-order valence-electron chi connectivity index (χ4n) is 5.12. The topological polar surface area (TPSA) is 86.9 Å². The number of rotatable bonds is 8. The van der Waals surface area contributed by atoms with Crippen molar-refractivity contribution in [1.29, 1.82) is 0 Å². The van der Waals surface area contributed by atoms with Crippen molar-refractivity contribution in [3.63, 3.8) is 0 Å². The lowest BCUT2D eigenvalue weighted by Gasteiger charge is -2.22. The van der Waals surface area contributed by atoms with Crippen molar-refractivity contribution in [2.45, 2.75) is 46.2 Å². The van der Waals surface area contributed by atoms with Gasteiger partial charge in [-0.05, 0) is 55.7 Å². The fraction of sp³-hybridized carbons (Fsp3) is 0.226. The number of aryl methyl sites for hydroxylation is 1. The zero-order valence-corrected chi connectivity index (χ0v) is 23.1. The van der Waals surface area contributed by atoms with Crippen molar-refractivity contribution >= 4 is 34.5 Å². The van der Waals surface area contributed by atoms with Crippen molar-refractivity contribution in [3.05, 3.63) is 107 Å². The van der Waals surface area contributed by atoms with Gasteiger partial charge in [0.25, 0.3) is 17.2 Å². The molecule has 4 aromatic rings. The molecule has 0 fully saturated rings. The molecule has 200 valence electrons. The second-order valence-corrected chi connectivity index (χ2v) is 10.5. The lowest BCUT2D eigenvalue weighted by atomic mass is 10.0. The van der Waals surface area contributed by atoms with Gasteiger partial charge < -0.3 is 9.88 Å². The summed E-state index contributed by atoms with van der Waals surface area (Å²) in [6.07, 6.45) is 2.03. The first-order valence-corrected chi connectivity index (χ1v) is 14.2. The van der Waals surface area contributed by atoms with Crippen molar-refractivity contribution in [2.24, 2.45) is 4.99 Å². The zero-order chi connectivity index (χ0) is 27.5. The van der Waals surface area contributed by atoms with Gasteiger partial charge in [-0.1, -0.05) is 74.0 Å². The second-order valence-electron chi connectivity index (χ2n) is 9.70. The van der Waals surface area contributed by atoms with Gasteiger partial charge in [0.15, 0.2) is 0 Å². The van der Waals surface area contributed by atoms with Crippen LogP contribution in [0.5, 0.6) is 0 Å². The molecule has 0 aliphatic carbocycles. The summed E-state index contributed by atoms with van der Waals surface area (Å²) in [6.45, 7) is 7.01. The fourth-order valence-corrected chi connectivity index (χ4v) is 5.70. The van der Waals surface area contributed by atoms with E-state index in [4.69, 9.17) is 0 Å². The number of para-hydroxylation sites is 1. The van der Waals surface area contributed by atoms with Crippen LogP contribution in [0.4, 0.5) is 11.5 Å². The van der Waals surface area contributed by atoms with Crippen LogP contribution < -0.4 is 9.62 Å². The highest BCUT2D eigenvalue weighted by molar-refractivity contribution is 7.81. The molecule has 39 heavy (non-hydrogen) atoms. The molecule has 1 aromatic heterocycles. The number of amidine groups is 1. The summed E-state index contributed by atoms with van der Waals surface area (Å²) >= 11 is -2.54. The standard InChI is InChI=1S/C31H32N4O3S/c1-4-10-26-19-28-21(2)32-22(3)33-30(28)34(26)20-23-15-17-24(18-16-23)27-13-8-9-14-29(27)35(39(37)38)31(36)25-11-6-5-7-12-25/h5-9,11-19,21H,4,10,20H2,1-3H3,(H,32,33)(H,37,38). The number of nitrogens with one attached hydrogen (secondary N) is 1. The number of amides is 1. The van der Waals surface area contributed by atoms with Crippen LogP contribution >= 0.6 is 0 Å². The molecule has 1 aliphatic heterocycles. The number of nitrogens with zero attached hydrogens (tertiary/aromatic N) is 3. The lowest BCUT2D eigenvalue weighted by molar-refractivity contribution is 0.100. The number of anilines is 2. The zero-order valence-electron chi connectivity index (χ0n) is 22.3. The summed E-state index contributed by atoms with van der Waals surface area (Å²) in [5, 5.41) is 3.47. The molecule has 5 rings (SSSR count). The van der Waals surface area contributed by atoms with Gasteiger partial charge in [0.2, 0.25) is 0 Å². The first kappa shape index (κ1) is 26.6. The molecule has 2 heterocycles.